The number of hydrogen-bond acceptors (Lipinski definition) is 4. The first-order valence-electron chi connectivity index (χ1n) is 6.54. The van der Waals surface area contributed by atoms with Gasteiger partial charge in [0, 0.05) is 24.7 Å². The number of β-amino-alcohol motifs (C(OH)–C–C–N with tert-alkyl or cyclic N) is 1. The fourth-order valence-electron chi connectivity index (χ4n) is 2.03. The van der Waals surface area contributed by atoms with Gasteiger partial charge in [-0.1, -0.05) is 23.7 Å². The molecule has 1 aliphatic heterocycles. The Labute approximate surface area is 118 Å². The molecule has 0 saturated carbocycles. The van der Waals surface area contributed by atoms with E-state index in [9.17, 15) is 5.11 Å². The smallest absolute Gasteiger partial charge is 0.0900 e. The molecule has 0 spiro atoms. The summed E-state index contributed by atoms with van der Waals surface area (Å²) >= 11 is 5.81. The van der Waals surface area contributed by atoms with Gasteiger partial charge in [-0.2, -0.15) is 0 Å². The third-order valence-electron chi connectivity index (χ3n) is 3.06. The van der Waals surface area contributed by atoms with Gasteiger partial charge in [-0.15, -0.1) is 0 Å². The van der Waals surface area contributed by atoms with E-state index in [1.54, 1.807) is 0 Å². The Morgan fingerprint density at radius 3 is 2.63 bits per heavy atom. The zero-order valence-corrected chi connectivity index (χ0v) is 11.7. The second kappa shape index (κ2) is 7.82. The largest absolute Gasteiger partial charge is 0.389 e. The van der Waals surface area contributed by atoms with E-state index in [2.05, 4.69) is 4.90 Å². The molecule has 5 heteroatoms. The second-order valence-electron chi connectivity index (χ2n) is 4.71. The fraction of sp³-hybridized carbons (Fsp3) is 0.571. The number of aliphatic hydroxyl groups excluding tert-OH is 1. The number of morpholine rings is 1. The SMILES string of the molecule is O[C@@H](COCc1ccc(Cl)cc1)CN1CCOCC1. The third kappa shape index (κ3) is 5.47. The summed E-state index contributed by atoms with van der Waals surface area (Å²) in [4.78, 5) is 2.19. The molecule has 1 N–H and O–H groups in total. The lowest BCUT2D eigenvalue weighted by Gasteiger charge is -2.28. The molecular weight excluding hydrogens is 266 g/mol. The topological polar surface area (TPSA) is 41.9 Å². The first-order valence-corrected chi connectivity index (χ1v) is 6.92. The van der Waals surface area contributed by atoms with Crippen molar-refractivity contribution >= 4 is 11.6 Å². The number of benzene rings is 1. The standard InChI is InChI=1S/C14H20ClNO3/c15-13-3-1-12(2-4-13)10-19-11-14(17)9-16-5-7-18-8-6-16/h1-4,14,17H,5-11H2/t14-/m1/s1. The first-order chi connectivity index (χ1) is 9.24. The summed E-state index contributed by atoms with van der Waals surface area (Å²) in [6, 6.07) is 7.53. The van der Waals surface area contributed by atoms with Crippen molar-refractivity contribution in [2.24, 2.45) is 0 Å². The van der Waals surface area contributed by atoms with Crippen LogP contribution in [0, 0.1) is 0 Å². The van der Waals surface area contributed by atoms with Crippen molar-refractivity contribution in [1.82, 2.24) is 4.90 Å². The van der Waals surface area contributed by atoms with E-state index in [-0.39, 0.29) is 0 Å². The van der Waals surface area contributed by atoms with Crippen molar-refractivity contribution in [3.8, 4) is 0 Å². The van der Waals surface area contributed by atoms with Gasteiger partial charge in [0.2, 0.25) is 0 Å². The summed E-state index contributed by atoms with van der Waals surface area (Å²) in [5.41, 5.74) is 1.06. The molecule has 0 bridgehead atoms. The molecule has 1 saturated heterocycles. The molecule has 1 aromatic carbocycles. The van der Waals surface area contributed by atoms with Crippen LogP contribution < -0.4 is 0 Å². The molecule has 1 aliphatic rings. The predicted octanol–water partition coefficient (Wildman–Crippen LogP) is 1.55. The van der Waals surface area contributed by atoms with Gasteiger partial charge >= 0.3 is 0 Å². The number of nitrogens with zero attached hydrogens (tertiary/aromatic N) is 1. The highest BCUT2D eigenvalue weighted by atomic mass is 35.5. The van der Waals surface area contributed by atoms with Crippen LogP contribution in [0.25, 0.3) is 0 Å². The van der Waals surface area contributed by atoms with Crippen LogP contribution in [0.4, 0.5) is 0 Å². The van der Waals surface area contributed by atoms with Crippen LogP contribution in [-0.2, 0) is 16.1 Å². The highest BCUT2D eigenvalue weighted by Crippen LogP contribution is 2.10. The predicted molar refractivity (Wildman–Crippen MR) is 74.4 cm³/mol. The lowest BCUT2D eigenvalue weighted by Crippen LogP contribution is -2.42. The van der Waals surface area contributed by atoms with Crippen molar-refractivity contribution in [2.45, 2.75) is 12.7 Å². The van der Waals surface area contributed by atoms with E-state index in [4.69, 9.17) is 21.1 Å². The summed E-state index contributed by atoms with van der Waals surface area (Å²) in [5, 5.41) is 10.6. The maximum Gasteiger partial charge on any atom is 0.0900 e. The molecule has 1 aromatic rings. The Hall–Kier alpha value is -0.650. The number of rotatable bonds is 6. The van der Waals surface area contributed by atoms with Gasteiger partial charge in [0.15, 0.2) is 0 Å². The number of hydrogen-bond donors (Lipinski definition) is 1. The normalized spacial score (nSPS) is 18.4. The average molecular weight is 286 g/mol. The summed E-state index contributed by atoms with van der Waals surface area (Å²) in [5.74, 6) is 0. The summed E-state index contributed by atoms with van der Waals surface area (Å²) in [6.07, 6.45) is -0.453. The zero-order chi connectivity index (χ0) is 13.5. The molecule has 2 rings (SSSR count). The van der Waals surface area contributed by atoms with Crippen molar-refractivity contribution in [1.29, 1.82) is 0 Å². The van der Waals surface area contributed by atoms with Crippen LogP contribution >= 0.6 is 11.6 Å². The fourth-order valence-corrected chi connectivity index (χ4v) is 2.15. The van der Waals surface area contributed by atoms with E-state index in [1.807, 2.05) is 24.3 Å². The minimum atomic E-state index is -0.453. The highest BCUT2D eigenvalue weighted by molar-refractivity contribution is 6.30. The van der Waals surface area contributed by atoms with Crippen LogP contribution in [0.15, 0.2) is 24.3 Å². The lowest BCUT2D eigenvalue weighted by molar-refractivity contribution is -0.0175. The van der Waals surface area contributed by atoms with E-state index in [0.717, 1.165) is 36.9 Å². The Bertz CT molecular complexity index is 365. The summed E-state index contributed by atoms with van der Waals surface area (Å²) < 4.78 is 10.8. The zero-order valence-electron chi connectivity index (χ0n) is 10.9. The quantitative estimate of drug-likeness (QED) is 0.861. The summed E-state index contributed by atoms with van der Waals surface area (Å²) in [7, 11) is 0. The Kier molecular flexibility index (Phi) is 6.07. The molecule has 0 aromatic heterocycles. The van der Waals surface area contributed by atoms with Gasteiger partial charge in [0.25, 0.3) is 0 Å². The Morgan fingerprint density at radius 2 is 1.95 bits per heavy atom. The molecule has 106 valence electrons. The van der Waals surface area contributed by atoms with E-state index in [1.165, 1.54) is 0 Å². The van der Waals surface area contributed by atoms with E-state index < -0.39 is 6.10 Å². The monoisotopic (exact) mass is 285 g/mol. The van der Waals surface area contributed by atoms with Crippen LogP contribution in [0.5, 0.6) is 0 Å². The number of ether oxygens (including phenoxy) is 2. The highest BCUT2D eigenvalue weighted by Gasteiger charge is 2.14. The van der Waals surface area contributed by atoms with E-state index >= 15 is 0 Å². The van der Waals surface area contributed by atoms with Crippen LogP contribution in [0.3, 0.4) is 0 Å². The third-order valence-corrected chi connectivity index (χ3v) is 3.32. The molecule has 4 nitrogen and oxygen atoms in total. The first kappa shape index (κ1) is 14.8. The van der Waals surface area contributed by atoms with Gasteiger partial charge in [-0.25, -0.2) is 0 Å². The molecule has 1 heterocycles. The van der Waals surface area contributed by atoms with Crippen molar-refractivity contribution in [3.05, 3.63) is 34.9 Å². The van der Waals surface area contributed by atoms with Crippen LogP contribution in [-0.4, -0.2) is 55.6 Å². The van der Waals surface area contributed by atoms with Crippen LogP contribution in [0.1, 0.15) is 5.56 Å². The molecule has 0 amide bonds. The minimum absolute atomic E-state index is 0.347. The molecule has 0 radical (unpaired) electrons. The van der Waals surface area contributed by atoms with Gasteiger partial charge in [-0.3, -0.25) is 4.90 Å². The molecule has 19 heavy (non-hydrogen) atoms. The molecule has 1 atom stereocenters. The maximum absolute atomic E-state index is 9.89. The summed E-state index contributed by atoms with van der Waals surface area (Å²) in [6.45, 7) is 4.75. The van der Waals surface area contributed by atoms with Crippen molar-refractivity contribution in [3.63, 3.8) is 0 Å². The van der Waals surface area contributed by atoms with Crippen molar-refractivity contribution in [2.75, 3.05) is 39.5 Å². The minimum Gasteiger partial charge on any atom is -0.389 e. The molecular formula is C14H20ClNO3. The Balaban J connectivity index is 1.63. The molecule has 0 unspecified atom stereocenters. The van der Waals surface area contributed by atoms with Crippen molar-refractivity contribution < 1.29 is 14.6 Å². The molecule has 0 aliphatic carbocycles. The Morgan fingerprint density at radius 1 is 1.26 bits per heavy atom. The van der Waals surface area contributed by atoms with E-state index in [0.29, 0.717) is 19.8 Å². The maximum atomic E-state index is 9.89. The average Bonchev–Trinajstić information content (AvgIpc) is 2.42. The number of aliphatic hydroxyl groups is 1. The van der Waals surface area contributed by atoms with Crippen LogP contribution in [0.2, 0.25) is 5.02 Å². The van der Waals surface area contributed by atoms with Gasteiger partial charge in [0.1, 0.15) is 0 Å². The number of halogens is 1. The van der Waals surface area contributed by atoms with Gasteiger partial charge in [0.05, 0.1) is 32.5 Å². The van der Waals surface area contributed by atoms with Gasteiger partial charge in [-0.05, 0) is 17.7 Å². The molecule has 1 fully saturated rings. The van der Waals surface area contributed by atoms with Gasteiger partial charge < -0.3 is 14.6 Å². The lowest BCUT2D eigenvalue weighted by atomic mass is 10.2. The second-order valence-corrected chi connectivity index (χ2v) is 5.14.